The van der Waals surface area contributed by atoms with Crippen LogP contribution in [-0.4, -0.2) is 65.4 Å². The lowest BCUT2D eigenvalue weighted by atomic mass is 9.94. The van der Waals surface area contributed by atoms with Gasteiger partial charge in [0, 0.05) is 0 Å². The third kappa shape index (κ3) is 6.92. The quantitative estimate of drug-likeness (QED) is 0.502. The summed E-state index contributed by atoms with van der Waals surface area (Å²) in [7, 11) is 0. The van der Waals surface area contributed by atoms with Crippen LogP contribution in [0.4, 0.5) is 0 Å². The van der Waals surface area contributed by atoms with Crippen molar-refractivity contribution in [2.75, 3.05) is 6.61 Å². The molecule has 1 heterocycles. The molecule has 0 amide bonds. The van der Waals surface area contributed by atoms with Gasteiger partial charge in [0.05, 0.1) is 16.2 Å². The van der Waals surface area contributed by atoms with Crippen LogP contribution >= 0.6 is 0 Å². The summed E-state index contributed by atoms with van der Waals surface area (Å²) in [6.07, 6.45) is -7.26. The molecule has 0 saturated carbocycles. The van der Waals surface area contributed by atoms with Crippen LogP contribution in [-0.2, 0) is 33.3 Å². The number of rotatable bonds is 4. The van der Waals surface area contributed by atoms with Crippen LogP contribution in [0.15, 0.2) is 0 Å². The average molecular weight is 433 g/mol. The Bertz CT molecular complexity index is 636. The maximum Gasteiger partial charge on any atom is 0.311 e. The van der Waals surface area contributed by atoms with Crippen molar-refractivity contribution < 1.29 is 43.5 Å². The fourth-order valence-corrected chi connectivity index (χ4v) is 2.28. The molecule has 30 heavy (non-hydrogen) atoms. The Kier molecular flexibility index (Phi) is 8.07. The van der Waals surface area contributed by atoms with E-state index in [1.54, 1.807) is 62.3 Å². The summed E-state index contributed by atoms with van der Waals surface area (Å²) in [6.45, 7) is 14.3. The monoisotopic (exact) mass is 432 g/mol. The van der Waals surface area contributed by atoms with Crippen LogP contribution in [0.2, 0.25) is 0 Å². The molecule has 0 spiro atoms. The number of esters is 3. The van der Waals surface area contributed by atoms with Gasteiger partial charge in [-0.15, -0.1) is 0 Å². The number of ether oxygens (including phenoxy) is 4. The molecule has 1 unspecified atom stereocenters. The van der Waals surface area contributed by atoms with E-state index >= 15 is 0 Å². The Hall–Kier alpha value is -1.71. The lowest BCUT2D eigenvalue weighted by molar-refractivity contribution is -0.297. The van der Waals surface area contributed by atoms with Crippen molar-refractivity contribution >= 4 is 17.9 Å². The van der Waals surface area contributed by atoms with Crippen LogP contribution in [0.3, 0.4) is 0 Å². The third-order valence-corrected chi connectivity index (χ3v) is 4.34. The van der Waals surface area contributed by atoms with Crippen LogP contribution in [0.5, 0.6) is 0 Å². The molecule has 2 N–H and O–H groups in total. The van der Waals surface area contributed by atoms with Gasteiger partial charge in [0.25, 0.3) is 0 Å². The Morgan fingerprint density at radius 2 is 1.13 bits per heavy atom. The van der Waals surface area contributed by atoms with Crippen LogP contribution < -0.4 is 0 Å². The lowest BCUT2D eigenvalue weighted by Gasteiger charge is -2.42. The van der Waals surface area contributed by atoms with E-state index in [1.165, 1.54) is 0 Å². The van der Waals surface area contributed by atoms with Crippen LogP contribution in [0, 0.1) is 16.2 Å². The number of hydrogen-bond donors (Lipinski definition) is 2. The van der Waals surface area contributed by atoms with Crippen molar-refractivity contribution in [3.8, 4) is 0 Å². The van der Waals surface area contributed by atoms with Gasteiger partial charge < -0.3 is 29.2 Å². The van der Waals surface area contributed by atoms with Crippen molar-refractivity contribution in [1.29, 1.82) is 0 Å². The van der Waals surface area contributed by atoms with E-state index in [9.17, 15) is 24.6 Å². The van der Waals surface area contributed by atoms with Crippen molar-refractivity contribution in [1.82, 2.24) is 0 Å². The fourth-order valence-electron chi connectivity index (χ4n) is 2.28. The molecule has 0 bridgehead atoms. The zero-order valence-electron chi connectivity index (χ0n) is 19.3. The number of carbonyl (C=O) groups is 3. The van der Waals surface area contributed by atoms with E-state index in [-0.39, 0.29) is 6.61 Å². The molecule has 1 aliphatic rings. The van der Waals surface area contributed by atoms with Crippen LogP contribution in [0.25, 0.3) is 0 Å². The van der Waals surface area contributed by atoms with Gasteiger partial charge in [-0.25, -0.2) is 0 Å². The molecule has 0 aromatic carbocycles. The molecule has 174 valence electrons. The molecule has 1 fully saturated rings. The van der Waals surface area contributed by atoms with E-state index in [0.29, 0.717) is 0 Å². The molecular formula is C21H36O9. The Balaban J connectivity index is 3.09. The van der Waals surface area contributed by atoms with Gasteiger partial charge in [-0.05, 0) is 62.3 Å². The number of aliphatic hydroxyl groups excluding tert-OH is 2. The van der Waals surface area contributed by atoms with E-state index in [4.69, 9.17) is 18.9 Å². The maximum absolute atomic E-state index is 12.4. The maximum atomic E-state index is 12.4. The second-order valence-electron chi connectivity index (χ2n) is 10.6. The number of aliphatic hydroxyl groups is 2. The first-order valence-electron chi connectivity index (χ1n) is 9.96. The minimum absolute atomic E-state index is 0.377. The molecule has 0 radical (unpaired) electrons. The Morgan fingerprint density at radius 1 is 0.733 bits per heavy atom. The average Bonchev–Trinajstić information content (AvgIpc) is 2.56. The van der Waals surface area contributed by atoms with E-state index in [1.807, 2.05) is 0 Å². The fraction of sp³-hybridized carbons (Fsp3) is 0.857. The minimum atomic E-state index is -1.70. The van der Waals surface area contributed by atoms with E-state index in [2.05, 4.69) is 0 Å². The molecule has 0 aliphatic carbocycles. The minimum Gasteiger partial charge on any atom is -0.462 e. The second-order valence-corrected chi connectivity index (χ2v) is 10.6. The predicted molar refractivity (Wildman–Crippen MR) is 106 cm³/mol. The van der Waals surface area contributed by atoms with Gasteiger partial charge in [-0.1, -0.05) is 0 Å². The first-order valence-corrected chi connectivity index (χ1v) is 9.96. The van der Waals surface area contributed by atoms with E-state index < -0.39 is 64.9 Å². The highest BCUT2D eigenvalue weighted by molar-refractivity contribution is 5.77. The van der Waals surface area contributed by atoms with Gasteiger partial charge in [-0.2, -0.15) is 0 Å². The summed E-state index contributed by atoms with van der Waals surface area (Å²) in [5.41, 5.74) is -2.58. The topological polar surface area (TPSA) is 129 Å². The highest BCUT2D eigenvalue weighted by Crippen LogP contribution is 2.30. The van der Waals surface area contributed by atoms with Gasteiger partial charge in [-0.3, -0.25) is 14.4 Å². The van der Waals surface area contributed by atoms with Crippen LogP contribution in [0.1, 0.15) is 62.3 Å². The number of carbonyl (C=O) groups excluding carboxylic acids is 3. The normalized spacial score (nSPS) is 27.9. The largest absolute Gasteiger partial charge is 0.462 e. The Labute approximate surface area is 178 Å². The molecule has 9 nitrogen and oxygen atoms in total. The second kappa shape index (κ2) is 9.20. The zero-order chi connectivity index (χ0) is 23.7. The standard InChI is InChI=1S/C21H36O9/c1-19(2,3)16(24)27-10-11-12(22)13(29-17(25)20(4,5)6)14(15(23)28-11)30-18(26)21(7,8)9/h11-15,22-23H,10H2,1-9H3/t11-,12-,13+,14+,15?/m1/s1. The summed E-state index contributed by atoms with van der Waals surface area (Å²) in [5.74, 6) is -1.86. The molecule has 0 aromatic heterocycles. The first-order chi connectivity index (χ1) is 13.4. The predicted octanol–water partition coefficient (Wildman–Crippen LogP) is 1.57. The van der Waals surface area contributed by atoms with Gasteiger partial charge in [0.15, 0.2) is 18.5 Å². The van der Waals surface area contributed by atoms with Crippen molar-refractivity contribution in [3.05, 3.63) is 0 Å². The molecule has 0 aromatic rings. The molecular weight excluding hydrogens is 396 g/mol. The molecule has 1 saturated heterocycles. The summed E-state index contributed by atoms with van der Waals surface area (Å²) >= 11 is 0. The SMILES string of the molecule is CC(C)(C)C(=O)OC[C@H]1OC(O)[C@@H](OC(=O)C(C)(C)C)[C@@H](OC(=O)C(C)(C)C)[C@@H]1O. The van der Waals surface area contributed by atoms with E-state index in [0.717, 1.165) is 0 Å². The molecule has 1 rings (SSSR count). The smallest absolute Gasteiger partial charge is 0.311 e. The third-order valence-electron chi connectivity index (χ3n) is 4.34. The highest BCUT2D eigenvalue weighted by atomic mass is 16.7. The van der Waals surface area contributed by atoms with Crippen molar-refractivity contribution in [2.24, 2.45) is 16.2 Å². The molecule has 9 heteroatoms. The summed E-state index contributed by atoms with van der Waals surface area (Å²) in [5, 5.41) is 21.2. The van der Waals surface area contributed by atoms with Gasteiger partial charge >= 0.3 is 17.9 Å². The molecule has 5 atom stereocenters. The number of hydrogen-bond acceptors (Lipinski definition) is 9. The summed E-state index contributed by atoms with van der Waals surface area (Å²) in [4.78, 5) is 36.8. The van der Waals surface area contributed by atoms with Gasteiger partial charge in [0.1, 0.15) is 18.8 Å². The first kappa shape index (κ1) is 26.3. The summed E-state index contributed by atoms with van der Waals surface area (Å²) < 4.78 is 21.3. The van der Waals surface area contributed by atoms with Gasteiger partial charge in [0.2, 0.25) is 0 Å². The highest BCUT2D eigenvalue weighted by Gasteiger charge is 2.51. The van der Waals surface area contributed by atoms with Crippen molar-refractivity contribution in [2.45, 2.75) is 93.0 Å². The lowest BCUT2D eigenvalue weighted by Crippen LogP contribution is -2.62. The zero-order valence-corrected chi connectivity index (χ0v) is 19.3. The summed E-state index contributed by atoms with van der Waals surface area (Å²) in [6, 6.07) is 0. The molecule has 1 aliphatic heterocycles. The Morgan fingerprint density at radius 3 is 1.53 bits per heavy atom. The van der Waals surface area contributed by atoms with Crippen molar-refractivity contribution in [3.63, 3.8) is 0 Å².